The van der Waals surface area contributed by atoms with Crippen molar-refractivity contribution < 1.29 is 13.5 Å². The summed E-state index contributed by atoms with van der Waals surface area (Å²) >= 11 is -1.98. The first kappa shape index (κ1) is 30.8. The number of fused-ring (bicyclic) bond motifs is 3. The van der Waals surface area contributed by atoms with E-state index < -0.39 is 11.1 Å². The fourth-order valence-corrected chi connectivity index (χ4v) is 8.75. The SMILES string of the molecule is CCc1cccc2cccc(N3CCc4c(nc(OCC56CCCN5CCC6)nc4N4CCCC(NCCCS(=O)[O-])C4)C3)c12. The zero-order valence-electron chi connectivity index (χ0n) is 26.6. The lowest BCUT2D eigenvalue weighted by molar-refractivity contribution is 0.107. The third-order valence-electron chi connectivity index (χ3n) is 10.6. The van der Waals surface area contributed by atoms with Crippen LogP contribution in [0.15, 0.2) is 36.4 Å². The van der Waals surface area contributed by atoms with Gasteiger partial charge in [-0.15, -0.1) is 0 Å². The third-order valence-corrected chi connectivity index (χ3v) is 11.3. The monoisotopic (exact) mass is 631 g/mol. The maximum atomic E-state index is 11.0. The maximum Gasteiger partial charge on any atom is 0.318 e. The molecule has 4 aliphatic rings. The van der Waals surface area contributed by atoms with E-state index in [-0.39, 0.29) is 11.3 Å². The van der Waals surface area contributed by atoms with E-state index in [0.717, 1.165) is 63.4 Å². The quantitative estimate of drug-likeness (QED) is 0.241. The lowest BCUT2D eigenvalue weighted by Crippen LogP contribution is -2.47. The van der Waals surface area contributed by atoms with Gasteiger partial charge in [0.2, 0.25) is 0 Å². The predicted molar refractivity (Wildman–Crippen MR) is 180 cm³/mol. The molecule has 9 nitrogen and oxygen atoms in total. The van der Waals surface area contributed by atoms with Gasteiger partial charge in [0, 0.05) is 48.1 Å². The van der Waals surface area contributed by atoms with E-state index in [2.05, 4.69) is 63.3 Å². The van der Waals surface area contributed by atoms with Crippen LogP contribution in [0.5, 0.6) is 6.01 Å². The zero-order valence-corrected chi connectivity index (χ0v) is 27.5. The number of hydrogen-bond acceptors (Lipinski definition) is 9. The van der Waals surface area contributed by atoms with Gasteiger partial charge >= 0.3 is 6.01 Å². The van der Waals surface area contributed by atoms with E-state index in [9.17, 15) is 8.76 Å². The number of aromatic nitrogens is 2. The summed E-state index contributed by atoms with van der Waals surface area (Å²) in [5, 5.41) is 6.25. The number of nitrogens with zero attached hydrogens (tertiary/aromatic N) is 5. The second-order valence-corrected chi connectivity index (χ2v) is 14.4. The molecule has 2 aromatic carbocycles. The van der Waals surface area contributed by atoms with E-state index in [1.807, 2.05) is 0 Å². The van der Waals surface area contributed by atoms with Gasteiger partial charge in [-0.1, -0.05) is 48.3 Å². The Balaban J connectivity index is 1.17. The Kier molecular flexibility index (Phi) is 9.26. The van der Waals surface area contributed by atoms with Crippen LogP contribution in [0.4, 0.5) is 11.5 Å². The number of aryl methyl sites for hydroxylation is 1. The smallest absolute Gasteiger partial charge is 0.318 e. The largest absolute Gasteiger partial charge is 0.772 e. The Labute approximate surface area is 270 Å². The molecule has 4 aliphatic heterocycles. The summed E-state index contributed by atoms with van der Waals surface area (Å²) in [6, 6.07) is 14.1. The van der Waals surface area contributed by atoms with Crippen LogP contribution in [-0.4, -0.2) is 86.8 Å². The second-order valence-electron chi connectivity index (χ2n) is 13.4. The summed E-state index contributed by atoms with van der Waals surface area (Å²) in [7, 11) is 0. The van der Waals surface area contributed by atoms with Crippen LogP contribution < -0.4 is 19.9 Å². The first-order chi connectivity index (χ1) is 22.0. The maximum absolute atomic E-state index is 11.0. The molecule has 3 saturated heterocycles. The number of nitrogens with one attached hydrogen (secondary N) is 1. The van der Waals surface area contributed by atoms with Gasteiger partial charge in [0.1, 0.15) is 12.4 Å². The first-order valence-electron chi connectivity index (χ1n) is 17.1. The van der Waals surface area contributed by atoms with E-state index in [4.69, 9.17) is 14.7 Å². The highest BCUT2D eigenvalue weighted by atomic mass is 32.2. The molecule has 1 aromatic heterocycles. The highest BCUT2D eigenvalue weighted by molar-refractivity contribution is 7.79. The molecule has 1 N–H and O–H groups in total. The van der Waals surface area contributed by atoms with Crippen LogP contribution in [0.3, 0.4) is 0 Å². The second kappa shape index (κ2) is 13.5. The molecule has 7 rings (SSSR count). The topological polar surface area (TPSA) is 96.9 Å². The Hall–Kier alpha value is -2.79. The van der Waals surface area contributed by atoms with Crippen LogP contribution in [0.1, 0.15) is 68.7 Å². The van der Waals surface area contributed by atoms with E-state index in [0.29, 0.717) is 31.6 Å². The first-order valence-corrected chi connectivity index (χ1v) is 18.3. The fourth-order valence-electron chi connectivity index (χ4n) is 8.37. The molecule has 2 atom stereocenters. The average Bonchev–Trinajstić information content (AvgIpc) is 3.65. The molecule has 242 valence electrons. The molecule has 5 heterocycles. The molecular formula is C35H47N6O3S-. The molecule has 0 saturated carbocycles. The molecule has 10 heteroatoms. The molecule has 0 aliphatic carbocycles. The van der Waals surface area contributed by atoms with Crippen molar-refractivity contribution in [2.24, 2.45) is 0 Å². The number of hydrogen-bond donors (Lipinski definition) is 1. The molecular weight excluding hydrogens is 584 g/mol. The molecule has 45 heavy (non-hydrogen) atoms. The average molecular weight is 632 g/mol. The van der Waals surface area contributed by atoms with Gasteiger partial charge in [-0.3, -0.25) is 9.11 Å². The lowest BCUT2D eigenvalue weighted by Gasteiger charge is -2.38. The summed E-state index contributed by atoms with van der Waals surface area (Å²) in [5.74, 6) is 1.23. The molecule has 3 fully saturated rings. The molecule has 0 bridgehead atoms. The zero-order chi connectivity index (χ0) is 30.8. The van der Waals surface area contributed by atoms with Gasteiger partial charge in [0.25, 0.3) is 0 Å². The number of ether oxygens (including phenoxy) is 1. The number of benzene rings is 2. The van der Waals surface area contributed by atoms with Gasteiger partial charge in [0.05, 0.1) is 17.8 Å². The van der Waals surface area contributed by atoms with Gasteiger partial charge in [-0.2, -0.15) is 9.97 Å². The van der Waals surface area contributed by atoms with Gasteiger partial charge < -0.3 is 24.4 Å². The molecule has 0 radical (unpaired) electrons. The van der Waals surface area contributed by atoms with Gasteiger partial charge in [0.15, 0.2) is 0 Å². The summed E-state index contributed by atoms with van der Waals surface area (Å²) in [4.78, 5) is 17.9. The Bertz CT molecular complexity index is 1520. The number of anilines is 2. The Morgan fingerprint density at radius 2 is 1.87 bits per heavy atom. The van der Waals surface area contributed by atoms with Crippen molar-refractivity contribution in [1.82, 2.24) is 20.2 Å². The van der Waals surface area contributed by atoms with Gasteiger partial charge in [-0.05, 0) is 94.4 Å². The molecule has 3 aromatic rings. The minimum atomic E-state index is -1.98. The predicted octanol–water partition coefficient (Wildman–Crippen LogP) is 4.59. The van der Waals surface area contributed by atoms with Crippen molar-refractivity contribution in [3.8, 4) is 6.01 Å². The van der Waals surface area contributed by atoms with E-state index >= 15 is 0 Å². The highest BCUT2D eigenvalue weighted by Gasteiger charge is 2.45. The summed E-state index contributed by atoms with van der Waals surface area (Å²) in [6.07, 6.45) is 9.55. The van der Waals surface area contributed by atoms with Crippen molar-refractivity contribution >= 4 is 33.4 Å². The minimum absolute atomic E-state index is 0.138. The van der Waals surface area contributed by atoms with Crippen LogP contribution >= 0.6 is 0 Å². The fraction of sp³-hybridized carbons (Fsp3) is 0.600. The third kappa shape index (κ3) is 6.44. The van der Waals surface area contributed by atoms with E-state index in [1.165, 1.54) is 66.4 Å². The molecule has 2 unspecified atom stereocenters. The van der Waals surface area contributed by atoms with Crippen molar-refractivity contribution in [2.45, 2.75) is 82.8 Å². The van der Waals surface area contributed by atoms with Crippen molar-refractivity contribution in [3.05, 3.63) is 53.2 Å². The van der Waals surface area contributed by atoms with Crippen LogP contribution in [-0.2, 0) is 30.5 Å². The normalized spacial score (nSPS) is 22.0. The standard InChI is InChI=1S/C35H48N6O3S/c1-2-26-9-3-10-27-11-4-13-31(32(26)27)39-21-14-29-30(24-39)37-34(44-25-35-15-6-19-41(35)20-7-16-35)38-33(29)40-18-5-12-28(23-40)36-17-8-22-45(42)43/h3-4,9-11,13,28,36H,2,5-8,12,14-25H2,1H3,(H,42,43)/p-1. The summed E-state index contributed by atoms with van der Waals surface area (Å²) in [6.45, 7) is 9.41. The minimum Gasteiger partial charge on any atom is -0.772 e. The van der Waals surface area contributed by atoms with Crippen molar-refractivity contribution in [1.29, 1.82) is 0 Å². The van der Waals surface area contributed by atoms with E-state index in [1.54, 1.807) is 0 Å². The van der Waals surface area contributed by atoms with Crippen LogP contribution in [0.25, 0.3) is 10.8 Å². The van der Waals surface area contributed by atoms with Crippen molar-refractivity contribution in [2.75, 3.05) is 61.4 Å². The highest BCUT2D eigenvalue weighted by Crippen LogP contribution is 2.40. The number of piperidine rings is 1. The summed E-state index contributed by atoms with van der Waals surface area (Å²) < 4.78 is 28.6. The Morgan fingerprint density at radius 1 is 1.04 bits per heavy atom. The van der Waals surface area contributed by atoms with Crippen LogP contribution in [0, 0.1) is 0 Å². The van der Waals surface area contributed by atoms with Crippen molar-refractivity contribution in [3.63, 3.8) is 0 Å². The molecule has 0 spiro atoms. The van der Waals surface area contributed by atoms with Crippen LogP contribution in [0.2, 0.25) is 0 Å². The summed E-state index contributed by atoms with van der Waals surface area (Å²) in [5.41, 5.74) is 5.13. The Morgan fingerprint density at radius 3 is 2.67 bits per heavy atom. The van der Waals surface area contributed by atoms with Gasteiger partial charge in [-0.25, -0.2) is 0 Å². The lowest BCUT2D eigenvalue weighted by atomic mass is 9.95. The molecule has 0 amide bonds. The number of rotatable bonds is 11.